The predicted molar refractivity (Wildman–Crippen MR) is 118 cm³/mol. The first-order chi connectivity index (χ1) is 16.2. The molecule has 7 nitrogen and oxygen atoms in total. The molecule has 0 aliphatic heterocycles. The molecule has 1 heterocycles. The molecule has 0 aliphatic carbocycles. The molecule has 4 rings (SSSR count). The lowest BCUT2D eigenvalue weighted by molar-refractivity contribution is -0.137. The smallest absolute Gasteiger partial charge is 0.334 e. The van der Waals surface area contributed by atoms with Crippen LogP contribution in [0.1, 0.15) is 32.1 Å². The monoisotopic (exact) mass is 466 g/mol. The lowest BCUT2D eigenvalue weighted by Crippen LogP contribution is -2.18. The molecule has 0 spiro atoms. The van der Waals surface area contributed by atoms with Gasteiger partial charge in [0.15, 0.2) is 5.82 Å². The zero-order chi connectivity index (χ0) is 24.3. The number of alkyl halides is 3. The Balaban J connectivity index is 1.50. The van der Waals surface area contributed by atoms with E-state index in [1.165, 1.54) is 24.3 Å². The minimum Gasteiger partial charge on any atom is -0.334 e. The molecule has 0 bridgehead atoms. The molecular formula is C24H17F3N4O3. The minimum absolute atomic E-state index is 0.0206. The summed E-state index contributed by atoms with van der Waals surface area (Å²) in [6, 6.07) is 16.9. The number of carbonyl (C=O) groups excluding carboxylic acids is 2. The summed E-state index contributed by atoms with van der Waals surface area (Å²) in [4.78, 5) is 29.6. The van der Waals surface area contributed by atoms with Crippen LogP contribution in [-0.4, -0.2) is 22.0 Å². The third-order valence-corrected chi connectivity index (χ3v) is 4.79. The van der Waals surface area contributed by atoms with Gasteiger partial charge in [-0.2, -0.15) is 18.2 Å². The van der Waals surface area contributed by atoms with E-state index in [0.29, 0.717) is 22.8 Å². The summed E-state index contributed by atoms with van der Waals surface area (Å²) >= 11 is 0. The number of hydrogen-bond donors (Lipinski definition) is 2. The van der Waals surface area contributed by atoms with Crippen LogP contribution in [0.4, 0.5) is 24.5 Å². The number of amides is 2. The van der Waals surface area contributed by atoms with Gasteiger partial charge in [0.25, 0.3) is 17.7 Å². The molecule has 0 unspecified atom stereocenters. The highest BCUT2D eigenvalue weighted by Gasteiger charge is 2.30. The van der Waals surface area contributed by atoms with E-state index in [-0.39, 0.29) is 16.9 Å². The summed E-state index contributed by atoms with van der Waals surface area (Å²) < 4.78 is 43.9. The average molecular weight is 466 g/mol. The Hall–Kier alpha value is -4.47. The van der Waals surface area contributed by atoms with E-state index in [2.05, 4.69) is 20.8 Å². The van der Waals surface area contributed by atoms with Crippen molar-refractivity contribution in [1.82, 2.24) is 10.1 Å². The zero-order valence-electron chi connectivity index (χ0n) is 17.7. The number of aryl methyl sites for hydroxylation is 1. The number of benzene rings is 3. The van der Waals surface area contributed by atoms with Crippen LogP contribution >= 0.6 is 0 Å². The highest BCUT2D eigenvalue weighted by Crippen LogP contribution is 2.31. The van der Waals surface area contributed by atoms with Crippen LogP contribution in [-0.2, 0) is 6.18 Å². The molecule has 3 aromatic carbocycles. The summed E-state index contributed by atoms with van der Waals surface area (Å²) in [6.45, 7) is 1.69. The molecule has 0 aliphatic rings. The van der Waals surface area contributed by atoms with Gasteiger partial charge in [-0.25, -0.2) is 0 Å². The molecule has 1 aromatic heterocycles. The fourth-order valence-electron chi connectivity index (χ4n) is 3.13. The second kappa shape index (κ2) is 9.18. The summed E-state index contributed by atoms with van der Waals surface area (Å²) in [7, 11) is 0. The van der Waals surface area contributed by atoms with E-state index >= 15 is 0 Å². The fourth-order valence-corrected chi connectivity index (χ4v) is 3.13. The molecule has 0 fully saturated rings. The predicted octanol–water partition coefficient (Wildman–Crippen LogP) is 5.57. The summed E-state index contributed by atoms with van der Waals surface area (Å²) in [5, 5.41) is 8.82. The third kappa shape index (κ3) is 5.12. The Kier molecular flexibility index (Phi) is 6.13. The first-order valence-corrected chi connectivity index (χ1v) is 10.0. The molecule has 0 saturated carbocycles. The molecule has 4 aromatic rings. The van der Waals surface area contributed by atoms with E-state index in [1.807, 2.05) is 0 Å². The normalized spacial score (nSPS) is 11.2. The number of halogens is 3. The third-order valence-electron chi connectivity index (χ3n) is 4.79. The number of nitrogens with one attached hydrogen (secondary N) is 2. The van der Waals surface area contributed by atoms with E-state index in [1.54, 1.807) is 43.3 Å². The number of para-hydroxylation sites is 1. The van der Waals surface area contributed by atoms with Gasteiger partial charge in [0.2, 0.25) is 0 Å². The average Bonchev–Trinajstić information content (AvgIpc) is 3.25. The van der Waals surface area contributed by atoms with Crippen molar-refractivity contribution in [3.63, 3.8) is 0 Å². The molecule has 2 N–H and O–H groups in total. The van der Waals surface area contributed by atoms with Crippen molar-refractivity contribution >= 4 is 23.2 Å². The lowest BCUT2D eigenvalue weighted by atomic mass is 10.1. The molecule has 0 radical (unpaired) electrons. The minimum atomic E-state index is -4.54. The Morgan fingerprint density at radius 1 is 0.882 bits per heavy atom. The van der Waals surface area contributed by atoms with E-state index < -0.39 is 23.6 Å². The van der Waals surface area contributed by atoms with Crippen LogP contribution in [0.25, 0.3) is 11.5 Å². The van der Waals surface area contributed by atoms with E-state index in [9.17, 15) is 22.8 Å². The van der Waals surface area contributed by atoms with Crippen LogP contribution in [0.2, 0.25) is 0 Å². The highest BCUT2D eigenvalue weighted by atomic mass is 19.4. The summed E-state index contributed by atoms with van der Waals surface area (Å²) in [5.74, 6) is -0.345. The Bertz CT molecular complexity index is 1350. The largest absolute Gasteiger partial charge is 0.416 e. The molecule has 10 heteroatoms. The standard InChI is InChI=1S/C24H17F3N4O3/c1-14-28-23(34-31-14)16-11-9-15(10-12-16)21(32)30-20-8-3-2-7-19(20)22(33)29-18-6-4-5-17(13-18)24(25,26)27/h2-13H,1H3,(H,29,33)(H,30,32). The first-order valence-electron chi connectivity index (χ1n) is 10.0. The zero-order valence-corrected chi connectivity index (χ0v) is 17.7. The van der Waals surface area contributed by atoms with Crippen LogP contribution in [0.5, 0.6) is 0 Å². The van der Waals surface area contributed by atoms with Gasteiger partial charge >= 0.3 is 6.18 Å². The molecular weight excluding hydrogens is 449 g/mol. The SMILES string of the molecule is Cc1noc(-c2ccc(C(=O)Nc3ccccc3C(=O)Nc3cccc(C(F)(F)F)c3)cc2)n1. The van der Waals surface area contributed by atoms with Crippen molar-refractivity contribution in [3.05, 3.63) is 95.3 Å². The van der Waals surface area contributed by atoms with Crippen molar-refractivity contribution in [2.75, 3.05) is 10.6 Å². The Labute approximate surface area is 191 Å². The van der Waals surface area contributed by atoms with Gasteiger partial charge in [-0.15, -0.1) is 0 Å². The van der Waals surface area contributed by atoms with Gasteiger partial charge < -0.3 is 15.2 Å². The highest BCUT2D eigenvalue weighted by molar-refractivity contribution is 6.12. The van der Waals surface area contributed by atoms with Crippen molar-refractivity contribution in [1.29, 1.82) is 0 Å². The summed E-state index contributed by atoms with van der Waals surface area (Å²) in [6.07, 6.45) is -4.54. The van der Waals surface area contributed by atoms with Crippen LogP contribution in [0.15, 0.2) is 77.3 Å². The summed E-state index contributed by atoms with van der Waals surface area (Å²) in [5.41, 5.74) is 0.338. The topological polar surface area (TPSA) is 97.1 Å². The van der Waals surface area contributed by atoms with Gasteiger partial charge in [0.1, 0.15) is 0 Å². The lowest BCUT2D eigenvalue weighted by Gasteiger charge is -2.13. The van der Waals surface area contributed by atoms with Gasteiger partial charge in [-0.1, -0.05) is 23.4 Å². The molecule has 0 saturated heterocycles. The number of hydrogen-bond acceptors (Lipinski definition) is 5. The van der Waals surface area contributed by atoms with Crippen LogP contribution < -0.4 is 10.6 Å². The van der Waals surface area contributed by atoms with Crippen molar-refractivity contribution in [3.8, 4) is 11.5 Å². The second-order valence-electron chi connectivity index (χ2n) is 7.26. The molecule has 172 valence electrons. The van der Waals surface area contributed by atoms with E-state index in [4.69, 9.17) is 4.52 Å². The van der Waals surface area contributed by atoms with E-state index in [0.717, 1.165) is 12.1 Å². The van der Waals surface area contributed by atoms with Crippen LogP contribution in [0.3, 0.4) is 0 Å². The Morgan fingerprint density at radius 3 is 2.29 bits per heavy atom. The first kappa shape index (κ1) is 22.7. The fraction of sp³-hybridized carbons (Fsp3) is 0.0833. The Morgan fingerprint density at radius 2 is 1.62 bits per heavy atom. The quantitative estimate of drug-likeness (QED) is 0.401. The van der Waals surface area contributed by atoms with Crippen LogP contribution in [0, 0.1) is 6.92 Å². The van der Waals surface area contributed by atoms with Gasteiger partial charge in [-0.3, -0.25) is 9.59 Å². The number of nitrogens with zero attached hydrogens (tertiary/aromatic N) is 2. The maximum absolute atomic E-state index is 12.9. The van der Waals surface area contributed by atoms with Crippen molar-refractivity contribution < 1.29 is 27.3 Å². The van der Waals surface area contributed by atoms with Crippen molar-refractivity contribution in [2.24, 2.45) is 0 Å². The maximum Gasteiger partial charge on any atom is 0.416 e. The maximum atomic E-state index is 12.9. The molecule has 34 heavy (non-hydrogen) atoms. The number of carbonyl (C=O) groups is 2. The molecule has 0 atom stereocenters. The van der Waals surface area contributed by atoms with Gasteiger partial charge in [0.05, 0.1) is 16.8 Å². The second-order valence-corrected chi connectivity index (χ2v) is 7.26. The van der Waals surface area contributed by atoms with Gasteiger partial charge in [0, 0.05) is 16.8 Å². The van der Waals surface area contributed by atoms with Gasteiger partial charge in [-0.05, 0) is 61.5 Å². The van der Waals surface area contributed by atoms with Crippen molar-refractivity contribution in [2.45, 2.75) is 13.1 Å². The number of rotatable bonds is 5. The number of aromatic nitrogens is 2. The number of anilines is 2. The molecule has 2 amide bonds.